The zero-order valence-electron chi connectivity index (χ0n) is 11.6. The van der Waals surface area contributed by atoms with E-state index in [0.29, 0.717) is 0 Å². The summed E-state index contributed by atoms with van der Waals surface area (Å²) >= 11 is 0. The van der Waals surface area contributed by atoms with E-state index in [2.05, 4.69) is 9.84 Å². The lowest BCUT2D eigenvalue weighted by Gasteiger charge is -2.11. The molecule has 0 aliphatic rings. The first kappa shape index (κ1) is 14.8. The molecule has 0 saturated heterocycles. The van der Waals surface area contributed by atoms with Crippen LogP contribution in [0.25, 0.3) is 5.69 Å². The molecule has 1 heterocycles. The van der Waals surface area contributed by atoms with Crippen molar-refractivity contribution in [3.8, 4) is 5.69 Å². The van der Waals surface area contributed by atoms with E-state index in [0.717, 1.165) is 24.1 Å². The van der Waals surface area contributed by atoms with E-state index in [9.17, 15) is 18.4 Å². The highest BCUT2D eigenvalue weighted by Gasteiger charge is 2.19. The average molecular weight is 294 g/mol. The van der Waals surface area contributed by atoms with Crippen molar-refractivity contribution in [2.75, 3.05) is 7.11 Å². The molecule has 0 fully saturated rings. The smallest absolute Gasteiger partial charge is 0.362 e. The van der Waals surface area contributed by atoms with Crippen molar-refractivity contribution >= 4 is 5.97 Å². The predicted molar refractivity (Wildman–Crippen MR) is 70.6 cm³/mol. The first-order valence-electron chi connectivity index (χ1n) is 6.00. The second-order valence-electron chi connectivity index (χ2n) is 4.45. The molecule has 21 heavy (non-hydrogen) atoms. The largest absolute Gasteiger partial charge is 0.464 e. The lowest BCUT2D eigenvalue weighted by Crippen LogP contribution is -2.25. The molecule has 110 valence electrons. The summed E-state index contributed by atoms with van der Waals surface area (Å²) in [6, 6.07) is 2.37. The number of benzene rings is 1. The van der Waals surface area contributed by atoms with Crippen LogP contribution in [0.2, 0.25) is 0 Å². The summed E-state index contributed by atoms with van der Waals surface area (Å²) in [4.78, 5) is 23.3. The Morgan fingerprint density at radius 2 is 1.90 bits per heavy atom. The van der Waals surface area contributed by atoms with Crippen molar-refractivity contribution in [2.45, 2.75) is 13.8 Å². The van der Waals surface area contributed by atoms with Gasteiger partial charge in [0.05, 0.1) is 7.11 Å². The van der Waals surface area contributed by atoms with Crippen LogP contribution in [0.5, 0.6) is 0 Å². The molecule has 0 N–H and O–H groups in total. The molecule has 1 aromatic carbocycles. The minimum absolute atomic E-state index is 0.116. The third-order valence-corrected chi connectivity index (χ3v) is 2.96. The van der Waals surface area contributed by atoms with Crippen LogP contribution in [0.3, 0.4) is 0 Å². The number of hydrogen-bond acceptors (Lipinski definition) is 4. The minimum Gasteiger partial charge on any atom is -0.464 e. The number of halogens is 2. The van der Waals surface area contributed by atoms with Gasteiger partial charge in [-0.2, -0.15) is 5.10 Å². The van der Waals surface area contributed by atoms with Crippen LogP contribution in [0.15, 0.2) is 23.1 Å². The maximum absolute atomic E-state index is 14.1. The number of esters is 1. The van der Waals surface area contributed by atoms with E-state index >= 15 is 0 Å². The van der Waals surface area contributed by atoms with Crippen molar-refractivity contribution in [2.24, 2.45) is 0 Å². The van der Waals surface area contributed by atoms with Gasteiger partial charge in [-0.3, -0.25) is 4.79 Å². The van der Waals surface area contributed by atoms with E-state index in [1.165, 1.54) is 19.9 Å². The van der Waals surface area contributed by atoms with Crippen LogP contribution in [0.4, 0.5) is 8.78 Å². The van der Waals surface area contributed by atoms with Gasteiger partial charge in [0.1, 0.15) is 5.69 Å². The third kappa shape index (κ3) is 2.54. The lowest BCUT2D eigenvalue weighted by molar-refractivity contribution is 0.0590. The molecule has 0 unspecified atom stereocenters. The number of nitrogens with zero attached hydrogens (tertiary/aromatic N) is 2. The fraction of sp³-hybridized carbons (Fsp3) is 0.214. The van der Waals surface area contributed by atoms with Gasteiger partial charge in [0, 0.05) is 11.8 Å². The number of methoxy groups -OCH3 is 1. The third-order valence-electron chi connectivity index (χ3n) is 2.96. The van der Waals surface area contributed by atoms with E-state index in [-0.39, 0.29) is 11.1 Å². The fourth-order valence-electron chi connectivity index (χ4n) is 1.81. The Hall–Kier alpha value is -2.57. The zero-order chi connectivity index (χ0) is 15.7. The zero-order valence-corrected chi connectivity index (χ0v) is 11.6. The van der Waals surface area contributed by atoms with Gasteiger partial charge in [-0.05, 0) is 25.5 Å². The maximum atomic E-state index is 14.1. The summed E-state index contributed by atoms with van der Waals surface area (Å²) in [6.07, 6.45) is 1.16. The molecule has 0 bridgehead atoms. The normalized spacial score (nSPS) is 10.5. The summed E-state index contributed by atoms with van der Waals surface area (Å²) in [5.41, 5.74) is -1.30. The Labute approximate surface area is 118 Å². The molecule has 0 saturated carbocycles. The molecule has 0 aliphatic carbocycles. The van der Waals surface area contributed by atoms with Gasteiger partial charge >= 0.3 is 5.97 Å². The van der Waals surface area contributed by atoms with E-state index in [1.54, 1.807) is 0 Å². The molecule has 0 radical (unpaired) electrons. The standard InChI is InChI=1S/C14H12F2N2O3/c1-7-4-5-9(15)12(10(7)16)18-6-8(2)13(19)11(17-18)14(20)21-3/h4-6H,1-3H3. The van der Waals surface area contributed by atoms with Gasteiger partial charge in [-0.1, -0.05) is 6.07 Å². The summed E-state index contributed by atoms with van der Waals surface area (Å²) in [5, 5.41) is 3.69. The summed E-state index contributed by atoms with van der Waals surface area (Å²) in [5.74, 6) is -2.64. The van der Waals surface area contributed by atoms with Crippen molar-refractivity contribution in [1.82, 2.24) is 9.78 Å². The molecule has 0 atom stereocenters. The number of aryl methyl sites for hydroxylation is 2. The molecule has 2 aromatic rings. The molecule has 0 amide bonds. The molecular formula is C14H12F2N2O3. The van der Waals surface area contributed by atoms with Crippen LogP contribution < -0.4 is 5.43 Å². The molecule has 5 nitrogen and oxygen atoms in total. The SMILES string of the molecule is COC(=O)c1nn(-c2c(F)ccc(C)c2F)cc(C)c1=O. The summed E-state index contributed by atoms with van der Waals surface area (Å²) < 4.78 is 33.2. The topological polar surface area (TPSA) is 61.2 Å². The van der Waals surface area contributed by atoms with Crippen molar-refractivity contribution in [3.05, 3.63) is 57.0 Å². The van der Waals surface area contributed by atoms with Crippen molar-refractivity contribution in [1.29, 1.82) is 0 Å². The second-order valence-corrected chi connectivity index (χ2v) is 4.45. The number of hydrogen-bond donors (Lipinski definition) is 0. The molecule has 0 aliphatic heterocycles. The van der Waals surface area contributed by atoms with Crippen LogP contribution in [-0.4, -0.2) is 22.9 Å². The van der Waals surface area contributed by atoms with Crippen LogP contribution in [0.1, 0.15) is 21.6 Å². The Balaban J connectivity index is 2.78. The molecule has 1 aromatic heterocycles. The number of aromatic nitrogens is 2. The van der Waals surface area contributed by atoms with Crippen molar-refractivity contribution in [3.63, 3.8) is 0 Å². The number of carbonyl (C=O) groups is 1. The predicted octanol–water partition coefficient (Wildman–Crippen LogP) is 1.91. The van der Waals surface area contributed by atoms with Gasteiger partial charge in [0.25, 0.3) is 0 Å². The Morgan fingerprint density at radius 1 is 1.24 bits per heavy atom. The number of rotatable bonds is 2. The van der Waals surface area contributed by atoms with Gasteiger partial charge in [0.2, 0.25) is 11.1 Å². The molecule has 7 heteroatoms. The molecule has 0 spiro atoms. The number of ether oxygens (including phenoxy) is 1. The Kier molecular flexibility index (Phi) is 3.84. The first-order valence-corrected chi connectivity index (χ1v) is 6.00. The summed E-state index contributed by atoms with van der Waals surface area (Å²) in [6.45, 7) is 2.88. The van der Waals surface area contributed by atoms with E-state index < -0.39 is 34.4 Å². The minimum atomic E-state index is -0.967. The highest BCUT2D eigenvalue weighted by atomic mass is 19.1. The Morgan fingerprint density at radius 3 is 2.52 bits per heavy atom. The quantitative estimate of drug-likeness (QED) is 0.794. The second kappa shape index (κ2) is 5.43. The van der Waals surface area contributed by atoms with Crippen LogP contribution in [0, 0.1) is 25.5 Å². The van der Waals surface area contributed by atoms with Crippen LogP contribution in [-0.2, 0) is 4.74 Å². The van der Waals surface area contributed by atoms with Gasteiger partial charge in [-0.15, -0.1) is 0 Å². The monoisotopic (exact) mass is 294 g/mol. The molecular weight excluding hydrogens is 282 g/mol. The molecule has 2 rings (SSSR count). The highest BCUT2D eigenvalue weighted by molar-refractivity contribution is 5.87. The van der Waals surface area contributed by atoms with E-state index in [4.69, 9.17) is 0 Å². The van der Waals surface area contributed by atoms with Crippen LogP contribution >= 0.6 is 0 Å². The van der Waals surface area contributed by atoms with E-state index in [1.807, 2.05) is 0 Å². The van der Waals surface area contributed by atoms with Crippen molar-refractivity contribution < 1.29 is 18.3 Å². The average Bonchev–Trinajstić information content (AvgIpc) is 2.46. The number of carbonyl (C=O) groups excluding carboxylic acids is 1. The summed E-state index contributed by atoms with van der Waals surface area (Å²) in [7, 11) is 1.09. The Bertz CT molecular complexity index is 785. The van der Waals surface area contributed by atoms with Gasteiger partial charge < -0.3 is 4.74 Å². The fourth-order valence-corrected chi connectivity index (χ4v) is 1.81. The lowest BCUT2D eigenvalue weighted by atomic mass is 10.2. The maximum Gasteiger partial charge on any atom is 0.362 e. The van der Waals surface area contributed by atoms with Gasteiger partial charge in [-0.25, -0.2) is 18.3 Å². The highest BCUT2D eigenvalue weighted by Crippen LogP contribution is 2.19. The van der Waals surface area contributed by atoms with Gasteiger partial charge in [0.15, 0.2) is 11.6 Å². The first-order chi connectivity index (χ1) is 9.86.